The van der Waals surface area contributed by atoms with Crippen LogP contribution >= 0.6 is 11.8 Å². The van der Waals surface area contributed by atoms with E-state index >= 15 is 0 Å². The Morgan fingerprint density at radius 1 is 1.19 bits per heavy atom. The van der Waals surface area contributed by atoms with Gasteiger partial charge in [-0.25, -0.2) is 9.78 Å². The van der Waals surface area contributed by atoms with E-state index in [-0.39, 0.29) is 17.2 Å². The number of rotatable bonds is 4. The number of pyridine rings is 1. The van der Waals surface area contributed by atoms with Gasteiger partial charge in [0.25, 0.3) is 0 Å². The molecule has 0 radical (unpaired) electrons. The molecule has 37 heavy (non-hydrogen) atoms. The first-order valence-electron chi connectivity index (χ1n) is 12.8. The fourth-order valence-electron chi connectivity index (χ4n) is 4.95. The molecule has 2 aromatic heterocycles. The fourth-order valence-corrected chi connectivity index (χ4v) is 6.50. The molecule has 0 spiro atoms. The summed E-state index contributed by atoms with van der Waals surface area (Å²) in [4.78, 5) is 45.9. The van der Waals surface area contributed by atoms with E-state index in [4.69, 9.17) is 4.74 Å². The highest BCUT2D eigenvalue weighted by Crippen LogP contribution is 2.48. The quantitative estimate of drug-likeness (QED) is 0.496. The minimum absolute atomic E-state index is 0.0417. The first-order chi connectivity index (χ1) is 17.5. The van der Waals surface area contributed by atoms with E-state index in [0.29, 0.717) is 36.0 Å². The average Bonchev–Trinajstić information content (AvgIpc) is 3.41. The molecule has 11 heteroatoms. The van der Waals surface area contributed by atoms with Crippen molar-refractivity contribution in [1.29, 1.82) is 0 Å². The summed E-state index contributed by atoms with van der Waals surface area (Å²) in [5, 5.41) is 12.8. The predicted molar refractivity (Wildman–Crippen MR) is 143 cm³/mol. The SMILES string of the molecule is CCc1cc(NC(=O)C(=O)N2C[C@H](C)CC[C@H]2C2Sc3cn[nH]c3C2C)cnc1NC(=O)OC(C)(C)C. The summed E-state index contributed by atoms with van der Waals surface area (Å²) in [7, 11) is 0. The molecule has 200 valence electrons. The van der Waals surface area contributed by atoms with Crippen molar-refractivity contribution in [2.24, 2.45) is 5.92 Å². The van der Waals surface area contributed by atoms with Crippen LogP contribution in [0.15, 0.2) is 23.4 Å². The summed E-state index contributed by atoms with van der Waals surface area (Å²) in [6.45, 7) is 12.1. The van der Waals surface area contributed by atoms with Crippen molar-refractivity contribution in [3.8, 4) is 0 Å². The molecule has 0 aromatic carbocycles. The van der Waals surface area contributed by atoms with Gasteiger partial charge in [-0.1, -0.05) is 20.8 Å². The number of amides is 3. The second-order valence-electron chi connectivity index (χ2n) is 10.9. The maximum Gasteiger partial charge on any atom is 0.413 e. The van der Waals surface area contributed by atoms with Crippen LogP contribution in [-0.2, 0) is 20.7 Å². The van der Waals surface area contributed by atoms with Gasteiger partial charge in [0, 0.05) is 28.6 Å². The summed E-state index contributed by atoms with van der Waals surface area (Å²) < 4.78 is 5.30. The minimum Gasteiger partial charge on any atom is -0.444 e. The number of piperidine rings is 1. The molecule has 0 aliphatic carbocycles. The predicted octanol–water partition coefficient (Wildman–Crippen LogP) is 4.56. The number of H-pyrrole nitrogens is 1. The van der Waals surface area contributed by atoms with E-state index in [1.54, 1.807) is 43.5 Å². The number of nitrogens with zero attached hydrogens (tertiary/aromatic N) is 3. The van der Waals surface area contributed by atoms with Crippen LogP contribution in [0.4, 0.5) is 16.3 Å². The molecule has 2 unspecified atom stereocenters. The highest BCUT2D eigenvalue weighted by Gasteiger charge is 2.44. The van der Waals surface area contributed by atoms with Crippen molar-refractivity contribution < 1.29 is 19.1 Å². The molecule has 10 nitrogen and oxygen atoms in total. The Kier molecular flexibility index (Phi) is 7.82. The van der Waals surface area contributed by atoms with E-state index in [9.17, 15) is 14.4 Å². The fraction of sp³-hybridized carbons (Fsp3) is 0.577. The van der Waals surface area contributed by atoms with Gasteiger partial charge < -0.3 is 15.0 Å². The minimum atomic E-state index is -0.688. The third-order valence-electron chi connectivity index (χ3n) is 6.77. The van der Waals surface area contributed by atoms with Crippen LogP contribution in [0.1, 0.15) is 71.6 Å². The molecule has 0 bridgehead atoms. The Bertz CT molecular complexity index is 1180. The van der Waals surface area contributed by atoms with Crippen molar-refractivity contribution >= 4 is 41.2 Å². The topological polar surface area (TPSA) is 129 Å². The molecule has 4 heterocycles. The summed E-state index contributed by atoms with van der Waals surface area (Å²) in [5.74, 6) is -0.337. The Morgan fingerprint density at radius 2 is 1.95 bits per heavy atom. The molecule has 4 atom stereocenters. The van der Waals surface area contributed by atoms with Gasteiger partial charge in [0.1, 0.15) is 11.4 Å². The van der Waals surface area contributed by atoms with E-state index in [1.807, 2.05) is 13.1 Å². The Morgan fingerprint density at radius 3 is 2.62 bits per heavy atom. The number of carbonyl (C=O) groups excluding carboxylic acids is 3. The number of anilines is 2. The molecular weight excluding hydrogens is 492 g/mol. The lowest BCUT2D eigenvalue weighted by atomic mass is 9.87. The zero-order valence-electron chi connectivity index (χ0n) is 22.3. The standard InChI is InChI=1S/C26H36N6O4S/c1-7-16-10-17(11-27-22(16)30-25(35)36-26(4,5)6)29-23(33)24(34)32-13-14(2)8-9-18(32)21-15(3)20-19(37-21)12-28-31-20/h10-12,14-15,18,21H,7-9,13H2,1-6H3,(H,28,31)(H,29,33)(H,27,30,35)/t14-,15?,18+,21?/m1/s1. The van der Waals surface area contributed by atoms with Gasteiger partial charge in [-0.2, -0.15) is 5.10 Å². The van der Waals surface area contributed by atoms with Crippen LogP contribution in [0, 0.1) is 5.92 Å². The molecule has 1 saturated heterocycles. The second kappa shape index (κ2) is 10.7. The van der Waals surface area contributed by atoms with Crippen LogP contribution in [0.5, 0.6) is 0 Å². The maximum atomic E-state index is 13.4. The van der Waals surface area contributed by atoms with Crippen molar-refractivity contribution in [2.75, 3.05) is 17.2 Å². The largest absolute Gasteiger partial charge is 0.444 e. The zero-order valence-corrected chi connectivity index (χ0v) is 23.1. The van der Waals surface area contributed by atoms with Crippen LogP contribution < -0.4 is 10.6 Å². The summed E-state index contributed by atoms with van der Waals surface area (Å²) in [6, 6.07) is 1.68. The number of carbonyl (C=O) groups is 3. The monoisotopic (exact) mass is 528 g/mol. The van der Waals surface area contributed by atoms with E-state index in [0.717, 1.165) is 23.4 Å². The number of thioether (sulfide) groups is 1. The lowest BCUT2D eigenvalue weighted by Gasteiger charge is -2.42. The summed E-state index contributed by atoms with van der Waals surface area (Å²) in [6.07, 6.45) is 5.09. The molecule has 2 aromatic rings. The number of likely N-dealkylation sites (tertiary alicyclic amines) is 1. The molecule has 4 rings (SSSR count). The van der Waals surface area contributed by atoms with Gasteiger partial charge in [-0.3, -0.25) is 20.0 Å². The number of hydrogen-bond donors (Lipinski definition) is 3. The molecule has 2 aliphatic rings. The third-order valence-corrected chi connectivity index (χ3v) is 8.34. The number of hydrogen-bond acceptors (Lipinski definition) is 7. The molecule has 2 aliphatic heterocycles. The Labute approximate surface area is 221 Å². The van der Waals surface area contributed by atoms with Gasteiger partial charge in [0.05, 0.1) is 23.8 Å². The number of aryl methyl sites for hydroxylation is 1. The van der Waals surface area contributed by atoms with Gasteiger partial charge in [-0.05, 0) is 57.6 Å². The average molecular weight is 529 g/mol. The normalized spacial score (nSPS) is 23.4. The van der Waals surface area contributed by atoms with Gasteiger partial charge >= 0.3 is 17.9 Å². The molecule has 3 amide bonds. The summed E-state index contributed by atoms with van der Waals surface area (Å²) >= 11 is 1.74. The van der Waals surface area contributed by atoms with Gasteiger partial charge in [-0.15, -0.1) is 11.8 Å². The number of ether oxygens (including phenoxy) is 1. The van der Waals surface area contributed by atoms with Crippen molar-refractivity contribution in [1.82, 2.24) is 20.1 Å². The number of aromatic nitrogens is 3. The van der Waals surface area contributed by atoms with E-state index in [2.05, 4.69) is 39.7 Å². The number of aromatic amines is 1. The smallest absolute Gasteiger partial charge is 0.413 e. The number of fused-ring (bicyclic) bond motifs is 1. The van der Waals surface area contributed by atoms with Crippen LogP contribution in [0.2, 0.25) is 0 Å². The van der Waals surface area contributed by atoms with Crippen LogP contribution in [0.3, 0.4) is 0 Å². The first kappa shape index (κ1) is 27.0. The molecule has 3 N–H and O–H groups in total. The zero-order chi connectivity index (χ0) is 26.9. The van der Waals surface area contributed by atoms with Crippen LogP contribution in [0.25, 0.3) is 0 Å². The second-order valence-corrected chi connectivity index (χ2v) is 12.1. The molecular formula is C26H36N6O4S. The lowest BCUT2D eigenvalue weighted by molar-refractivity contribution is -0.146. The highest BCUT2D eigenvalue weighted by molar-refractivity contribution is 8.00. The van der Waals surface area contributed by atoms with Crippen LogP contribution in [-0.4, -0.2) is 61.4 Å². The summed E-state index contributed by atoms with van der Waals surface area (Å²) in [5.41, 5.74) is 1.58. The van der Waals surface area contributed by atoms with Crippen molar-refractivity contribution in [2.45, 2.75) is 88.5 Å². The van der Waals surface area contributed by atoms with Crippen molar-refractivity contribution in [3.05, 3.63) is 29.7 Å². The first-order valence-corrected chi connectivity index (χ1v) is 13.7. The Hall–Kier alpha value is -3.08. The molecule has 0 saturated carbocycles. The molecule has 1 fully saturated rings. The van der Waals surface area contributed by atoms with Gasteiger partial charge in [0.15, 0.2) is 0 Å². The van der Waals surface area contributed by atoms with E-state index < -0.39 is 23.5 Å². The Balaban J connectivity index is 1.45. The number of nitrogens with one attached hydrogen (secondary N) is 3. The third kappa shape index (κ3) is 6.08. The lowest BCUT2D eigenvalue weighted by Crippen LogP contribution is -2.54. The van der Waals surface area contributed by atoms with Gasteiger partial charge in [0.2, 0.25) is 0 Å². The van der Waals surface area contributed by atoms with E-state index in [1.165, 1.54) is 6.20 Å². The highest BCUT2D eigenvalue weighted by atomic mass is 32.2. The van der Waals surface area contributed by atoms with Crippen molar-refractivity contribution in [3.63, 3.8) is 0 Å². The maximum absolute atomic E-state index is 13.4.